The molecule has 1 saturated heterocycles. The summed E-state index contributed by atoms with van der Waals surface area (Å²) in [6.45, 7) is 6.45. The molecule has 43 heavy (non-hydrogen) atoms. The molecule has 0 aliphatic carbocycles. The summed E-state index contributed by atoms with van der Waals surface area (Å²) in [5.41, 5.74) is 4.02. The fraction of sp³-hybridized carbons (Fsp3) is 0.452. The van der Waals surface area contributed by atoms with E-state index in [-0.39, 0.29) is 6.61 Å². The first-order valence-corrected chi connectivity index (χ1v) is 14.1. The molecule has 1 aliphatic heterocycles. The molecule has 0 spiro atoms. The van der Waals surface area contributed by atoms with Crippen LogP contribution >= 0.6 is 11.6 Å². The highest BCUT2D eigenvalue weighted by Gasteiger charge is 2.52. The van der Waals surface area contributed by atoms with Crippen molar-refractivity contribution in [1.82, 2.24) is 0 Å². The van der Waals surface area contributed by atoms with Crippen molar-refractivity contribution in [1.29, 1.82) is 0 Å². The van der Waals surface area contributed by atoms with Crippen LogP contribution in [0.5, 0.6) is 0 Å². The van der Waals surface area contributed by atoms with Gasteiger partial charge in [-0.05, 0) is 41.2 Å². The Morgan fingerprint density at radius 1 is 0.837 bits per heavy atom. The van der Waals surface area contributed by atoms with Gasteiger partial charge in [0, 0.05) is 32.7 Å². The fourth-order valence-electron chi connectivity index (χ4n) is 4.87. The summed E-state index contributed by atoms with van der Waals surface area (Å²) >= 11 is 6.60. The van der Waals surface area contributed by atoms with Gasteiger partial charge in [-0.3, -0.25) is 19.2 Å². The zero-order valence-electron chi connectivity index (χ0n) is 25.0. The van der Waals surface area contributed by atoms with Gasteiger partial charge in [-0.2, -0.15) is 0 Å². The topological polar surface area (TPSA) is 136 Å². The number of halogens is 1. The number of ether oxygens (including phenoxy) is 5. The molecule has 232 valence electrons. The molecule has 1 aliphatic rings. The maximum Gasteiger partial charge on any atom is 0.303 e. The highest BCUT2D eigenvalue weighted by atomic mass is 35.5. The lowest BCUT2D eigenvalue weighted by atomic mass is 9.89. The Labute approximate surface area is 255 Å². The van der Waals surface area contributed by atoms with Crippen LogP contribution in [0.15, 0.2) is 47.6 Å². The molecule has 0 aromatic heterocycles. The van der Waals surface area contributed by atoms with E-state index in [4.69, 9.17) is 40.1 Å². The van der Waals surface area contributed by atoms with E-state index in [9.17, 15) is 19.2 Å². The first-order valence-electron chi connectivity index (χ1n) is 13.7. The van der Waals surface area contributed by atoms with Crippen molar-refractivity contribution in [2.45, 2.75) is 78.0 Å². The van der Waals surface area contributed by atoms with E-state index in [1.807, 2.05) is 31.2 Å². The molecule has 0 unspecified atom stereocenters. The van der Waals surface area contributed by atoms with Gasteiger partial charge < -0.3 is 28.5 Å². The van der Waals surface area contributed by atoms with Crippen LogP contribution in [0.1, 0.15) is 69.4 Å². The van der Waals surface area contributed by atoms with Gasteiger partial charge in [-0.25, -0.2) is 0 Å². The zero-order valence-corrected chi connectivity index (χ0v) is 25.7. The van der Waals surface area contributed by atoms with Crippen molar-refractivity contribution in [2.75, 3.05) is 13.7 Å². The SMILES string of the molecule is CC/C(=N\OC)c1ccc(Cc2cc([C@@H]3O[C@H](COC(C)=O)[C@@H](OC(C)=O)[C@H](OC(C)=O)[C@H]3OC(C)=O)ccc2Cl)cc1. The average Bonchev–Trinajstić information content (AvgIpc) is 2.94. The molecule has 1 fully saturated rings. The Morgan fingerprint density at radius 3 is 2.00 bits per heavy atom. The lowest BCUT2D eigenvalue weighted by Gasteiger charge is -2.44. The molecule has 3 rings (SSSR count). The number of oxime groups is 1. The van der Waals surface area contributed by atoms with E-state index in [0.29, 0.717) is 23.4 Å². The summed E-state index contributed by atoms with van der Waals surface area (Å²) in [6, 6.07) is 13.0. The minimum atomic E-state index is -1.27. The van der Waals surface area contributed by atoms with Crippen molar-refractivity contribution < 1.29 is 47.7 Å². The molecular formula is C31H36ClNO10. The fourth-order valence-corrected chi connectivity index (χ4v) is 5.05. The molecule has 5 atom stereocenters. The summed E-state index contributed by atoms with van der Waals surface area (Å²) in [4.78, 5) is 52.9. The number of hydrogen-bond donors (Lipinski definition) is 0. The van der Waals surface area contributed by atoms with Crippen LogP contribution in [0.3, 0.4) is 0 Å². The number of carbonyl (C=O) groups excluding carboxylic acids is 4. The first kappa shape index (κ1) is 33.5. The lowest BCUT2D eigenvalue weighted by Crippen LogP contribution is -2.59. The van der Waals surface area contributed by atoms with Crippen molar-refractivity contribution >= 4 is 41.2 Å². The molecule has 11 nitrogen and oxygen atoms in total. The van der Waals surface area contributed by atoms with E-state index < -0.39 is 54.4 Å². The van der Waals surface area contributed by atoms with Crippen molar-refractivity contribution in [2.24, 2.45) is 5.16 Å². The standard InChI is InChI=1S/C31H36ClNO10/c1-7-26(33-38-6)22-10-8-21(9-11-22)14-24-15-23(12-13-25(24)32)28-30(41-19(4)36)31(42-20(5)37)29(40-18(3)35)27(43-28)16-39-17(2)34/h8-13,15,27-31H,7,14,16H2,1-6H3/b33-26+/t27-,28+,29-,30+,31+/m1/s1. The Balaban J connectivity index is 2.02. The summed E-state index contributed by atoms with van der Waals surface area (Å²) in [5, 5.41) is 4.56. The van der Waals surface area contributed by atoms with Crippen LogP contribution < -0.4 is 0 Å². The monoisotopic (exact) mass is 617 g/mol. The molecule has 1 heterocycles. The summed E-state index contributed by atoms with van der Waals surface area (Å²) < 4.78 is 28.1. The van der Waals surface area contributed by atoms with E-state index in [1.54, 1.807) is 18.2 Å². The Hall–Kier alpha value is -3.96. The van der Waals surface area contributed by atoms with Crippen LogP contribution in [-0.2, 0) is 54.1 Å². The van der Waals surface area contributed by atoms with Crippen molar-refractivity contribution in [3.63, 3.8) is 0 Å². The largest absolute Gasteiger partial charge is 0.463 e. The number of carbonyl (C=O) groups is 4. The summed E-state index contributed by atoms with van der Waals surface area (Å²) in [7, 11) is 1.50. The predicted molar refractivity (Wildman–Crippen MR) is 155 cm³/mol. The summed E-state index contributed by atoms with van der Waals surface area (Å²) in [5.74, 6) is -2.66. The van der Waals surface area contributed by atoms with Crippen molar-refractivity contribution in [3.05, 3.63) is 69.7 Å². The number of rotatable bonds is 11. The smallest absolute Gasteiger partial charge is 0.303 e. The van der Waals surface area contributed by atoms with Gasteiger partial charge in [0.25, 0.3) is 0 Å². The second-order valence-corrected chi connectivity index (χ2v) is 10.3. The van der Waals surface area contributed by atoms with E-state index in [0.717, 1.165) is 22.4 Å². The third-order valence-electron chi connectivity index (χ3n) is 6.61. The molecule has 0 N–H and O–H groups in total. The molecular weight excluding hydrogens is 582 g/mol. The van der Waals surface area contributed by atoms with Crippen LogP contribution in [0.25, 0.3) is 0 Å². The average molecular weight is 618 g/mol. The third-order valence-corrected chi connectivity index (χ3v) is 6.98. The molecule has 2 aromatic carbocycles. The van der Waals surface area contributed by atoms with Crippen LogP contribution in [0.2, 0.25) is 5.02 Å². The molecule has 12 heteroatoms. The molecule has 0 bridgehead atoms. The number of benzene rings is 2. The minimum Gasteiger partial charge on any atom is -0.463 e. The van der Waals surface area contributed by atoms with E-state index >= 15 is 0 Å². The zero-order chi connectivity index (χ0) is 31.7. The molecule has 0 radical (unpaired) electrons. The highest BCUT2D eigenvalue weighted by Crippen LogP contribution is 2.39. The predicted octanol–water partition coefficient (Wildman–Crippen LogP) is 4.49. The van der Waals surface area contributed by atoms with Crippen LogP contribution in [0.4, 0.5) is 0 Å². The molecule has 0 amide bonds. The van der Waals surface area contributed by atoms with Gasteiger partial charge in [0.15, 0.2) is 18.3 Å². The second kappa shape index (κ2) is 15.5. The van der Waals surface area contributed by atoms with Gasteiger partial charge in [0.2, 0.25) is 0 Å². The second-order valence-electron chi connectivity index (χ2n) is 9.92. The Kier molecular flexibility index (Phi) is 12.1. The first-order chi connectivity index (χ1) is 20.4. The molecule has 0 saturated carbocycles. The lowest BCUT2D eigenvalue weighted by molar-refractivity contribution is -0.254. The van der Waals surface area contributed by atoms with E-state index in [2.05, 4.69) is 5.16 Å². The normalized spacial score (nSPS) is 21.8. The van der Waals surface area contributed by atoms with Crippen LogP contribution in [0, 0.1) is 0 Å². The van der Waals surface area contributed by atoms with Gasteiger partial charge in [-0.15, -0.1) is 0 Å². The number of hydrogen-bond acceptors (Lipinski definition) is 11. The van der Waals surface area contributed by atoms with Crippen molar-refractivity contribution in [3.8, 4) is 0 Å². The van der Waals surface area contributed by atoms with Gasteiger partial charge >= 0.3 is 23.9 Å². The van der Waals surface area contributed by atoms with E-state index in [1.165, 1.54) is 34.8 Å². The Morgan fingerprint density at radius 2 is 1.44 bits per heavy atom. The minimum absolute atomic E-state index is 0.312. The summed E-state index contributed by atoms with van der Waals surface area (Å²) in [6.07, 6.45) is -4.60. The third kappa shape index (κ3) is 9.26. The van der Waals surface area contributed by atoms with Crippen LogP contribution in [-0.4, -0.2) is 67.7 Å². The van der Waals surface area contributed by atoms with Gasteiger partial charge in [-0.1, -0.05) is 60.1 Å². The van der Waals surface area contributed by atoms with Gasteiger partial charge in [0.05, 0.1) is 5.71 Å². The maximum absolute atomic E-state index is 12.2. The number of esters is 4. The highest BCUT2D eigenvalue weighted by molar-refractivity contribution is 6.31. The number of nitrogens with zero attached hydrogens (tertiary/aromatic N) is 1. The molecule has 2 aromatic rings. The Bertz CT molecular complexity index is 1340. The maximum atomic E-state index is 12.2. The van der Waals surface area contributed by atoms with Gasteiger partial charge in [0.1, 0.15) is 25.9 Å². The quantitative estimate of drug-likeness (QED) is 0.153.